The van der Waals surface area contributed by atoms with Gasteiger partial charge in [0.25, 0.3) is 0 Å². The Morgan fingerprint density at radius 3 is 2.52 bits per heavy atom. The molecule has 5 heteroatoms. The Bertz CT molecular complexity index is 469. The monoisotopic (exact) mass is 335 g/mol. The van der Waals surface area contributed by atoms with Crippen molar-refractivity contribution >= 4 is 23.2 Å². The van der Waals surface area contributed by atoms with E-state index < -0.39 is 5.92 Å². The first kappa shape index (κ1) is 17.0. The normalized spacial score (nSPS) is 20.4. The molecule has 0 heterocycles. The SMILES string of the molecule is CCNC(Cc1ccc(Cl)cc1Cl)C1CCC(F)(F)CC1. The summed E-state index contributed by atoms with van der Waals surface area (Å²) < 4.78 is 26.6. The van der Waals surface area contributed by atoms with Crippen LogP contribution in [-0.4, -0.2) is 18.5 Å². The predicted molar refractivity (Wildman–Crippen MR) is 84.5 cm³/mol. The molecule has 0 spiro atoms. The highest BCUT2D eigenvalue weighted by Gasteiger charge is 2.37. The van der Waals surface area contributed by atoms with Crippen molar-refractivity contribution in [2.24, 2.45) is 5.92 Å². The Hall–Kier alpha value is -0.380. The second kappa shape index (κ2) is 7.26. The molecule has 0 bridgehead atoms. The Morgan fingerprint density at radius 1 is 1.29 bits per heavy atom. The van der Waals surface area contributed by atoms with E-state index in [9.17, 15) is 8.78 Å². The first-order valence-electron chi connectivity index (χ1n) is 7.46. The molecule has 1 N–H and O–H groups in total. The number of benzene rings is 1. The van der Waals surface area contributed by atoms with E-state index in [1.54, 1.807) is 6.07 Å². The van der Waals surface area contributed by atoms with E-state index in [-0.39, 0.29) is 24.8 Å². The molecule has 1 unspecified atom stereocenters. The molecule has 1 saturated carbocycles. The molecule has 1 aliphatic carbocycles. The molecule has 1 nitrogen and oxygen atoms in total. The Labute approximate surface area is 135 Å². The number of rotatable bonds is 5. The largest absolute Gasteiger partial charge is 0.314 e. The van der Waals surface area contributed by atoms with Gasteiger partial charge < -0.3 is 5.32 Å². The summed E-state index contributed by atoms with van der Waals surface area (Å²) in [5, 5.41) is 4.69. The smallest absolute Gasteiger partial charge is 0.248 e. The summed E-state index contributed by atoms with van der Waals surface area (Å²) >= 11 is 12.1. The van der Waals surface area contributed by atoms with Crippen LogP contribution in [0.5, 0.6) is 0 Å². The zero-order valence-electron chi connectivity index (χ0n) is 12.1. The minimum atomic E-state index is -2.48. The van der Waals surface area contributed by atoms with Crippen LogP contribution in [0.2, 0.25) is 10.0 Å². The van der Waals surface area contributed by atoms with Crippen LogP contribution >= 0.6 is 23.2 Å². The fraction of sp³-hybridized carbons (Fsp3) is 0.625. The number of likely N-dealkylation sites (N-methyl/N-ethyl adjacent to an activating group) is 1. The van der Waals surface area contributed by atoms with E-state index >= 15 is 0 Å². The van der Waals surface area contributed by atoms with Gasteiger partial charge in [-0.1, -0.05) is 36.2 Å². The summed E-state index contributed by atoms with van der Waals surface area (Å²) in [5.74, 6) is -2.21. The molecule has 0 aromatic heterocycles. The highest BCUT2D eigenvalue weighted by atomic mass is 35.5. The summed E-state index contributed by atoms with van der Waals surface area (Å²) in [6, 6.07) is 5.66. The molecule has 1 aromatic rings. The van der Waals surface area contributed by atoms with Gasteiger partial charge in [-0.05, 0) is 49.4 Å². The van der Waals surface area contributed by atoms with E-state index in [4.69, 9.17) is 23.2 Å². The van der Waals surface area contributed by atoms with E-state index in [2.05, 4.69) is 5.32 Å². The van der Waals surface area contributed by atoms with Crippen LogP contribution in [0.3, 0.4) is 0 Å². The van der Waals surface area contributed by atoms with E-state index in [1.807, 2.05) is 19.1 Å². The van der Waals surface area contributed by atoms with Gasteiger partial charge in [0, 0.05) is 28.9 Å². The quantitative estimate of drug-likeness (QED) is 0.765. The number of nitrogens with one attached hydrogen (secondary N) is 1. The van der Waals surface area contributed by atoms with Gasteiger partial charge in [0.15, 0.2) is 0 Å². The van der Waals surface area contributed by atoms with Crippen LogP contribution in [0.4, 0.5) is 8.78 Å². The van der Waals surface area contributed by atoms with Gasteiger partial charge in [0.2, 0.25) is 5.92 Å². The van der Waals surface area contributed by atoms with Gasteiger partial charge in [0.1, 0.15) is 0 Å². The van der Waals surface area contributed by atoms with Gasteiger partial charge >= 0.3 is 0 Å². The second-order valence-corrected chi connectivity index (χ2v) is 6.64. The summed E-state index contributed by atoms with van der Waals surface area (Å²) in [6.07, 6.45) is 1.87. The topological polar surface area (TPSA) is 12.0 Å². The third-order valence-corrected chi connectivity index (χ3v) is 4.84. The molecule has 0 saturated heterocycles. The van der Waals surface area contributed by atoms with Gasteiger partial charge in [-0.25, -0.2) is 8.78 Å². The Kier molecular flexibility index (Phi) is 5.87. The minimum absolute atomic E-state index is 0.00604. The third kappa shape index (κ3) is 4.80. The van der Waals surface area contributed by atoms with Gasteiger partial charge in [-0.15, -0.1) is 0 Å². The highest BCUT2D eigenvalue weighted by Crippen LogP contribution is 2.38. The average Bonchev–Trinajstić information content (AvgIpc) is 2.41. The predicted octanol–water partition coefficient (Wildman–Crippen LogP) is 5.34. The van der Waals surface area contributed by atoms with Gasteiger partial charge in [-0.2, -0.15) is 0 Å². The molecule has 0 aliphatic heterocycles. The lowest BCUT2D eigenvalue weighted by atomic mass is 9.80. The first-order valence-corrected chi connectivity index (χ1v) is 8.22. The lowest BCUT2D eigenvalue weighted by Crippen LogP contribution is -2.41. The number of hydrogen-bond acceptors (Lipinski definition) is 1. The molecule has 0 radical (unpaired) electrons. The van der Waals surface area contributed by atoms with E-state index in [1.165, 1.54) is 0 Å². The van der Waals surface area contributed by atoms with Crippen molar-refractivity contribution in [3.8, 4) is 0 Å². The van der Waals surface area contributed by atoms with Crippen LogP contribution in [0.25, 0.3) is 0 Å². The highest BCUT2D eigenvalue weighted by molar-refractivity contribution is 6.35. The zero-order chi connectivity index (χ0) is 15.5. The standard InChI is InChI=1S/C16H21Cl2F2N/c1-2-21-15(11-5-7-16(19,20)8-6-11)9-12-3-4-13(17)10-14(12)18/h3-4,10-11,15,21H,2,5-9H2,1H3. The van der Waals surface area contributed by atoms with Crippen LogP contribution < -0.4 is 5.32 Å². The van der Waals surface area contributed by atoms with Gasteiger partial charge in [-0.3, -0.25) is 0 Å². The number of halogens is 4. The van der Waals surface area contributed by atoms with Crippen LogP contribution in [0.15, 0.2) is 18.2 Å². The minimum Gasteiger partial charge on any atom is -0.314 e. The number of alkyl halides is 2. The van der Waals surface area contributed by atoms with Crippen molar-refractivity contribution in [3.05, 3.63) is 33.8 Å². The van der Waals surface area contributed by atoms with E-state index in [0.717, 1.165) is 18.5 Å². The molecule has 1 aliphatic rings. The molecule has 1 atom stereocenters. The first-order chi connectivity index (χ1) is 9.91. The van der Waals surface area contributed by atoms with Crippen molar-refractivity contribution in [2.75, 3.05) is 6.54 Å². The van der Waals surface area contributed by atoms with Crippen LogP contribution in [0, 0.1) is 5.92 Å². The zero-order valence-corrected chi connectivity index (χ0v) is 13.7. The van der Waals surface area contributed by atoms with Crippen molar-refractivity contribution in [3.63, 3.8) is 0 Å². The summed E-state index contributed by atoms with van der Waals surface area (Å²) in [4.78, 5) is 0. The Morgan fingerprint density at radius 2 is 1.95 bits per heavy atom. The summed E-state index contributed by atoms with van der Waals surface area (Å²) in [5.41, 5.74) is 1.02. The average molecular weight is 336 g/mol. The van der Waals surface area contributed by atoms with E-state index in [0.29, 0.717) is 22.9 Å². The molecule has 2 rings (SSSR count). The summed E-state index contributed by atoms with van der Waals surface area (Å²) in [6.45, 7) is 2.86. The third-order valence-electron chi connectivity index (χ3n) is 4.25. The second-order valence-electron chi connectivity index (χ2n) is 5.80. The van der Waals surface area contributed by atoms with Crippen molar-refractivity contribution in [1.29, 1.82) is 0 Å². The maximum Gasteiger partial charge on any atom is 0.248 e. The van der Waals surface area contributed by atoms with Crippen molar-refractivity contribution in [1.82, 2.24) is 5.32 Å². The maximum atomic E-state index is 13.3. The van der Waals surface area contributed by atoms with Crippen molar-refractivity contribution in [2.45, 2.75) is 51.0 Å². The van der Waals surface area contributed by atoms with Crippen LogP contribution in [-0.2, 0) is 6.42 Å². The van der Waals surface area contributed by atoms with Gasteiger partial charge in [0.05, 0.1) is 0 Å². The fourth-order valence-electron chi connectivity index (χ4n) is 3.06. The molecular weight excluding hydrogens is 315 g/mol. The maximum absolute atomic E-state index is 13.3. The summed E-state index contributed by atoms with van der Waals surface area (Å²) in [7, 11) is 0. The molecule has 1 fully saturated rings. The molecule has 21 heavy (non-hydrogen) atoms. The number of hydrogen-bond donors (Lipinski definition) is 1. The molecule has 0 amide bonds. The molecule has 1 aromatic carbocycles. The molecular formula is C16H21Cl2F2N. The lowest BCUT2D eigenvalue weighted by molar-refractivity contribution is -0.0494. The van der Waals surface area contributed by atoms with Crippen LogP contribution in [0.1, 0.15) is 38.2 Å². The Balaban J connectivity index is 2.05. The van der Waals surface area contributed by atoms with Crippen molar-refractivity contribution < 1.29 is 8.78 Å². The fourth-order valence-corrected chi connectivity index (χ4v) is 3.54. The lowest BCUT2D eigenvalue weighted by Gasteiger charge is -2.34. The molecule has 118 valence electrons.